The van der Waals surface area contributed by atoms with Gasteiger partial charge in [-0.15, -0.1) is 0 Å². The third-order valence-electron chi connectivity index (χ3n) is 11.7. The summed E-state index contributed by atoms with van der Waals surface area (Å²) in [7, 11) is 0. The molecule has 0 atom stereocenters. The van der Waals surface area contributed by atoms with E-state index >= 15 is 0 Å². The third kappa shape index (κ3) is 11.4. The molecule has 8 heterocycles. The molecule has 17 nitrogen and oxygen atoms in total. The van der Waals surface area contributed by atoms with Crippen LogP contribution < -0.4 is 28.2 Å². The average molecular weight is 913 g/mol. The van der Waals surface area contributed by atoms with Crippen LogP contribution in [0.5, 0.6) is 0 Å². The summed E-state index contributed by atoms with van der Waals surface area (Å²) in [5, 5.41) is 0.386. The normalized spacial score (nSPS) is 15.0. The van der Waals surface area contributed by atoms with E-state index in [0.29, 0.717) is 105 Å². The van der Waals surface area contributed by atoms with Crippen molar-refractivity contribution in [3.05, 3.63) is 111 Å². The number of fused-ring (bicyclic) bond motifs is 2. The summed E-state index contributed by atoms with van der Waals surface area (Å²) >= 11 is 5.87. The number of nitrogens with two attached hydrogens (primary N) is 1. The Bertz CT molecular complexity index is 2650. The topological polar surface area (TPSA) is 205 Å². The number of nitrogens with zero attached hydrogens (tertiary/aromatic N) is 10. The van der Waals surface area contributed by atoms with Gasteiger partial charge in [-0.05, 0) is 75.8 Å². The monoisotopic (exact) mass is 911 g/mol. The van der Waals surface area contributed by atoms with Crippen LogP contribution in [-0.4, -0.2) is 94.0 Å². The van der Waals surface area contributed by atoms with E-state index in [0.717, 1.165) is 80.7 Å². The summed E-state index contributed by atoms with van der Waals surface area (Å²) < 4.78 is 5.85. The maximum atomic E-state index is 13.2. The fourth-order valence-corrected chi connectivity index (χ4v) is 8.68. The summed E-state index contributed by atoms with van der Waals surface area (Å²) in [4.78, 5) is 97.7. The van der Waals surface area contributed by atoms with Crippen LogP contribution in [0, 0.1) is 0 Å². The SMILES string of the molecule is CCCc1ccc(C2=Nc3c(c(=O)n(CCCN4CCCC4=O)c(=O)n3CCC)C2)cn1.CCCn1c2c(c(=O)n(CCCN3CCCC3=O)c1=O)CC(c1ccc(Cl)nc1)=N2.CCN. The van der Waals surface area contributed by atoms with E-state index in [-0.39, 0.29) is 40.9 Å². The number of aryl methyl sites for hydroxylation is 1. The van der Waals surface area contributed by atoms with E-state index in [2.05, 4.69) is 21.9 Å². The Kier molecular flexibility index (Phi) is 17.1. The van der Waals surface area contributed by atoms with Crippen molar-refractivity contribution in [1.82, 2.24) is 38.0 Å². The average Bonchev–Trinajstić information content (AvgIpc) is 4.13. The lowest BCUT2D eigenvalue weighted by Crippen LogP contribution is -2.42. The van der Waals surface area contributed by atoms with Gasteiger partial charge in [0, 0.05) is 107 Å². The summed E-state index contributed by atoms with van der Waals surface area (Å²) in [6.07, 6.45) is 11.8. The van der Waals surface area contributed by atoms with Gasteiger partial charge in [0.2, 0.25) is 11.8 Å². The summed E-state index contributed by atoms with van der Waals surface area (Å²) in [5.74, 6) is 1.24. The highest BCUT2D eigenvalue weighted by Gasteiger charge is 2.28. The fraction of sp³-hybridized carbons (Fsp3) is 0.532. The Morgan fingerprint density at radius 3 is 1.42 bits per heavy atom. The minimum absolute atomic E-state index is 0.148. The molecular weight excluding hydrogens is 850 g/mol. The van der Waals surface area contributed by atoms with Gasteiger partial charge in [0.05, 0.1) is 22.6 Å². The minimum Gasteiger partial charge on any atom is -0.343 e. The van der Waals surface area contributed by atoms with Gasteiger partial charge in [0.1, 0.15) is 16.8 Å². The largest absolute Gasteiger partial charge is 0.343 e. The van der Waals surface area contributed by atoms with Crippen LogP contribution in [-0.2, 0) is 55.0 Å². The Morgan fingerprint density at radius 1 is 0.585 bits per heavy atom. The van der Waals surface area contributed by atoms with Crippen LogP contribution in [0.4, 0.5) is 11.6 Å². The van der Waals surface area contributed by atoms with Gasteiger partial charge in [-0.2, -0.15) is 0 Å². The van der Waals surface area contributed by atoms with Crippen molar-refractivity contribution in [2.45, 2.75) is 131 Å². The molecule has 8 rings (SSSR count). The lowest BCUT2D eigenvalue weighted by Gasteiger charge is -2.17. The number of carbonyl (C=O) groups excluding carboxylic acids is 2. The Balaban J connectivity index is 0.000000204. The second-order valence-corrected chi connectivity index (χ2v) is 17.0. The van der Waals surface area contributed by atoms with Crippen LogP contribution >= 0.6 is 11.6 Å². The standard InChI is InChI=1S/C24H31N5O3.C21H24ClN5O3.C2H7N/c1-3-7-18-10-9-17(16-25-18)20-15-19-22(26-20)28(11-4-2)24(32)29(23(19)31)14-6-13-27-12-5-8-21(27)30;1-2-8-26-19-15(12-16(24-19)14-6-7-17(22)23-13-14)20(29)27(21(26)30)11-4-10-25-9-3-5-18(25)28;1-2-3/h9-10,16H,3-8,11-15H2,1-2H3;6-7,13H,2-5,8-12H2,1H3;2-3H2,1H3. The van der Waals surface area contributed by atoms with E-state index in [4.69, 9.17) is 22.3 Å². The Morgan fingerprint density at radius 2 is 1.05 bits per heavy atom. The summed E-state index contributed by atoms with van der Waals surface area (Å²) in [6, 6.07) is 7.49. The second kappa shape index (κ2) is 22.9. The zero-order chi connectivity index (χ0) is 46.6. The molecule has 4 aliphatic rings. The van der Waals surface area contributed by atoms with E-state index in [1.807, 2.05) is 50.1 Å². The molecule has 0 bridgehead atoms. The smallest absolute Gasteiger partial charge is 0.332 e. The second-order valence-electron chi connectivity index (χ2n) is 16.6. The van der Waals surface area contributed by atoms with Crippen molar-refractivity contribution in [2.24, 2.45) is 15.7 Å². The Hall–Kier alpha value is -5.81. The first-order chi connectivity index (χ1) is 31.4. The molecule has 0 unspecified atom stereocenters. The first-order valence-electron chi connectivity index (χ1n) is 23.1. The van der Waals surface area contributed by atoms with Crippen LogP contribution in [0.2, 0.25) is 5.15 Å². The zero-order valence-corrected chi connectivity index (χ0v) is 38.9. The van der Waals surface area contributed by atoms with E-state index < -0.39 is 0 Å². The predicted octanol–water partition coefficient (Wildman–Crippen LogP) is 4.58. The number of carbonyl (C=O) groups is 2. The minimum atomic E-state index is -0.340. The molecule has 4 aliphatic heterocycles. The zero-order valence-electron chi connectivity index (χ0n) is 38.2. The molecule has 0 spiro atoms. The molecule has 0 radical (unpaired) electrons. The quantitative estimate of drug-likeness (QED) is 0.156. The molecule has 0 saturated carbocycles. The van der Waals surface area contributed by atoms with Gasteiger partial charge in [-0.25, -0.2) is 24.6 Å². The van der Waals surface area contributed by atoms with E-state index in [1.165, 1.54) is 9.13 Å². The van der Waals surface area contributed by atoms with Gasteiger partial charge in [0.15, 0.2) is 0 Å². The third-order valence-corrected chi connectivity index (χ3v) is 12.0. The molecule has 2 saturated heterocycles. The predicted molar refractivity (Wildman–Crippen MR) is 253 cm³/mol. The van der Waals surface area contributed by atoms with Crippen LogP contribution in [0.1, 0.15) is 113 Å². The van der Waals surface area contributed by atoms with Crippen molar-refractivity contribution in [3.8, 4) is 0 Å². The molecule has 65 heavy (non-hydrogen) atoms. The molecular formula is C47H62ClN11O6. The molecule has 18 heteroatoms. The van der Waals surface area contributed by atoms with Crippen molar-refractivity contribution in [3.63, 3.8) is 0 Å². The molecule has 0 aromatic carbocycles. The number of amides is 2. The van der Waals surface area contributed by atoms with Crippen LogP contribution in [0.15, 0.2) is 65.8 Å². The van der Waals surface area contributed by atoms with Gasteiger partial charge in [0.25, 0.3) is 11.1 Å². The van der Waals surface area contributed by atoms with Gasteiger partial charge in [-0.1, -0.05) is 45.7 Å². The van der Waals surface area contributed by atoms with Crippen molar-refractivity contribution in [1.29, 1.82) is 0 Å². The summed E-state index contributed by atoms with van der Waals surface area (Å²) in [5.41, 5.74) is 8.92. The molecule has 4 aromatic rings. The van der Waals surface area contributed by atoms with Crippen molar-refractivity contribution >= 4 is 46.5 Å². The number of pyridine rings is 2. The molecule has 0 aliphatic carbocycles. The van der Waals surface area contributed by atoms with E-state index in [1.54, 1.807) is 26.3 Å². The first kappa shape index (κ1) is 48.6. The number of hydrogen-bond acceptors (Lipinski definition) is 11. The van der Waals surface area contributed by atoms with E-state index in [9.17, 15) is 28.8 Å². The number of halogens is 1. The lowest BCUT2D eigenvalue weighted by molar-refractivity contribution is -0.128. The maximum Gasteiger partial charge on any atom is 0.332 e. The molecule has 2 amide bonds. The number of hydrogen-bond donors (Lipinski definition) is 1. The lowest BCUT2D eigenvalue weighted by atomic mass is 10.1. The van der Waals surface area contributed by atoms with Gasteiger partial charge in [-0.3, -0.25) is 42.4 Å². The summed E-state index contributed by atoms with van der Waals surface area (Å²) in [6.45, 7) is 13.0. The maximum absolute atomic E-state index is 13.2. The fourth-order valence-electron chi connectivity index (χ4n) is 8.57. The van der Waals surface area contributed by atoms with Crippen LogP contribution in [0.3, 0.4) is 0 Å². The molecule has 2 N–H and O–H groups in total. The molecule has 2 fully saturated rings. The van der Waals surface area contributed by atoms with Crippen LogP contribution in [0.25, 0.3) is 0 Å². The highest BCUT2D eigenvalue weighted by molar-refractivity contribution is 6.29. The number of aliphatic imine (C=N–C) groups is 2. The highest BCUT2D eigenvalue weighted by atomic mass is 35.5. The van der Waals surface area contributed by atoms with Crippen molar-refractivity contribution < 1.29 is 9.59 Å². The number of aromatic nitrogens is 6. The van der Waals surface area contributed by atoms with Gasteiger partial charge < -0.3 is 15.5 Å². The Labute approximate surface area is 383 Å². The molecule has 4 aromatic heterocycles. The highest BCUT2D eigenvalue weighted by Crippen LogP contribution is 2.27. The number of likely N-dealkylation sites (tertiary alicyclic amines) is 2. The molecule has 348 valence electrons. The van der Waals surface area contributed by atoms with Crippen molar-refractivity contribution in [2.75, 3.05) is 32.7 Å². The van der Waals surface area contributed by atoms with Gasteiger partial charge >= 0.3 is 11.4 Å². The number of rotatable bonds is 16. The first-order valence-corrected chi connectivity index (χ1v) is 23.5.